The molecule has 1 amide bonds. The zero-order valence-electron chi connectivity index (χ0n) is 22.2. The standard InChI is InChI=1S/C31H29N5O3/c1-16(2)36-24-8-4-17(33-18-5-9-25-26(13-18)39-11-10-38-25)12-20(24)28-21-14-32-31(37)29(21)27-19(30(28)36)6-7-23-22(27)15-35(3)34-23/h4-5,8-9,12-13,15-16,33H,6-7,10-11,14H2,1-3H3,(H,32,37). The summed E-state index contributed by atoms with van der Waals surface area (Å²) in [5, 5.41) is 13.8. The van der Waals surface area contributed by atoms with E-state index in [-0.39, 0.29) is 11.9 Å². The molecule has 0 spiro atoms. The van der Waals surface area contributed by atoms with Crippen molar-refractivity contribution in [3.63, 3.8) is 0 Å². The number of carbonyl (C=O) groups excluding carboxylic acids is 1. The maximum Gasteiger partial charge on any atom is 0.252 e. The Labute approximate surface area is 225 Å². The molecule has 196 valence electrons. The first-order valence-corrected chi connectivity index (χ1v) is 13.6. The van der Waals surface area contributed by atoms with Gasteiger partial charge in [-0.25, -0.2) is 0 Å². The molecule has 39 heavy (non-hydrogen) atoms. The maximum absolute atomic E-state index is 13.3. The van der Waals surface area contributed by atoms with E-state index in [2.05, 4.69) is 53.4 Å². The second-order valence-electron chi connectivity index (χ2n) is 11.0. The molecule has 3 aromatic carbocycles. The smallest absolute Gasteiger partial charge is 0.252 e. The minimum Gasteiger partial charge on any atom is -0.486 e. The highest BCUT2D eigenvalue weighted by Gasteiger charge is 2.35. The molecule has 4 heterocycles. The fraction of sp³-hybridized carbons (Fsp3) is 0.290. The van der Waals surface area contributed by atoms with Gasteiger partial charge in [0.2, 0.25) is 0 Å². The highest BCUT2D eigenvalue weighted by atomic mass is 16.6. The number of nitrogens with one attached hydrogen (secondary N) is 2. The summed E-state index contributed by atoms with van der Waals surface area (Å²) >= 11 is 0. The summed E-state index contributed by atoms with van der Waals surface area (Å²) in [6.45, 7) is 6.14. The minimum atomic E-state index is 0.0101. The molecular formula is C31H29N5O3. The molecule has 2 aliphatic heterocycles. The molecule has 2 aromatic heterocycles. The van der Waals surface area contributed by atoms with E-state index >= 15 is 0 Å². The number of aromatic nitrogens is 3. The second kappa shape index (κ2) is 8.02. The van der Waals surface area contributed by atoms with Crippen LogP contribution in [0.5, 0.6) is 11.5 Å². The number of benzene rings is 3. The van der Waals surface area contributed by atoms with Gasteiger partial charge in [-0.2, -0.15) is 5.10 Å². The lowest BCUT2D eigenvalue weighted by atomic mass is 9.82. The average Bonchev–Trinajstić information content (AvgIpc) is 3.60. The van der Waals surface area contributed by atoms with Crippen molar-refractivity contribution in [2.75, 3.05) is 18.5 Å². The number of amides is 1. The number of nitrogens with zero attached hydrogens (tertiary/aromatic N) is 3. The van der Waals surface area contributed by atoms with Crippen molar-refractivity contribution in [1.29, 1.82) is 0 Å². The Morgan fingerprint density at radius 2 is 1.77 bits per heavy atom. The van der Waals surface area contributed by atoms with Gasteiger partial charge in [-0.1, -0.05) is 0 Å². The third-order valence-electron chi connectivity index (χ3n) is 8.23. The van der Waals surface area contributed by atoms with E-state index in [4.69, 9.17) is 14.6 Å². The number of aryl methyl sites for hydroxylation is 3. The predicted molar refractivity (Wildman–Crippen MR) is 151 cm³/mol. The zero-order valence-corrected chi connectivity index (χ0v) is 22.2. The van der Waals surface area contributed by atoms with Gasteiger partial charge >= 0.3 is 0 Å². The third kappa shape index (κ3) is 3.17. The topological polar surface area (TPSA) is 82.3 Å². The van der Waals surface area contributed by atoms with Gasteiger partial charge in [0.15, 0.2) is 11.5 Å². The van der Waals surface area contributed by atoms with Gasteiger partial charge in [-0.05, 0) is 68.1 Å². The van der Waals surface area contributed by atoms with Crippen LogP contribution >= 0.6 is 0 Å². The summed E-state index contributed by atoms with van der Waals surface area (Å²) in [6.07, 6.45) is 3.81. The molecule has 8 heteroatoms. The summed E-state index contributed by atoms with van der Waals surface area (Å²) in [4.78, 5) is 13.3. The lowest BCUT2D eigenvalue weighted by molar-refractivity contribution is 0.0966. The van der Waals surface area contributed by atoms with E-state index in [9.17, 15) is 4.79 Å². The van der Waals surface area contributed by atoms with E-state index in [0.29, 0.717) is 19.8 Å². The van der Waals surface area contributed by atoms with Crippen LogP contribution in [0.15, 0.2) is 42.6 Å². The van der Waals surface area contributed by atoms with E-state index in [1.165, 1.54) is 22.0 Å². The largest absolute Gasteiger partial charge is 0.486 e. The predicted octanol–water partition coefficient (Wildman–Crippen LogP) is 5.63. The summed E-state index contributed by atoms with van der Waals surface area (Å²) in [5.41, 5.74) is 10.8. The van der Waals surface area contributed by atoms with Crippen LogP contribution in [0.2, 0.25) is 0 Å². The number of hydrogen-bond acceptors (Lipinski definition) is 5. The van der Waals surface area contributed by atoms with Crippen LogP contribution < -0.4 is 20.1 Å². The van der Waals surface area contributed by atoms with Crippen molar-refractivity contribution in [3.8, 4) is 22.6 Å². The number of hydrogen-bond donors (Lipinski definition) is 2. The van der Waals surface area contributed by atoms with Gasteiger partial charge in [0.05, 0.1) is 16.8 Å². The van der Waals surface area contributed by atoms with Gasteiger partial charge in [0.1, 0.15) is 13.2 Å². The fourth-order valence-corrected chi connectivity index (χ4v) is 6.76. The van der Waals surface area contributed by atoms with Gasteiger partial charge in [0.25, 0.3) is 5.91 Å². The Morgan fingerprint density at radius 1 is 0.974 bits per heavy atom. The third-order valence-corrected chi connectivity index (χ3v) is 8.23. The molecule has 0 atom stereocenters. The van der Waals surface area contributed by atoms with Gasteiger partial charge in [-0.3, -0.25) is 9.48 Å². The summed E-state index contributed by atoms with van der Waals surface area (Å²) in [7, 11) is 1.96. The number of ether oxygens (including phenoxy) is 2. The summed E-state index contributed by atoms with van der Waals surface area (Å²) in [6, 6.07) is 12.8. The van der Waals surface area contributed by atoms with Crippen LogP contribution in [0.3, 0.4) is 0 Å². The normalized spacial score (nSPS) is 15.4. The van der Waals surface area contributed by atoms with Crippen LogP contribution in [0, 0.1) is 0 Å². The van der Waals surface area contributed by atoms with Crippen LogP contribution in [-0.2, 0) is 26.4 Å². The van der Waals surface area contributed by atoms with Crippen LogP contribution in [0.25, 0.3) is 32.9 Å². The fourth-order valence-electron chi connectivity index (χ4n) is 6.76. The minimum absolute atomic E-state index is 0.0101. The van der Waals surface area contributed by atoms with Crippen molar-refractivity contribution >= 4 is 39.1 Å². The SMILES string of the molecule is CC(C)n1c2ccc(Nc3ccc4c(c3)OCCO4)cc2c2c3c(c4c(c21)CCc1nn(C)cc1-4)C(=O)NC3. The summed E-state index contributed by atoms with van der Waals surface area (Å²) in [5.74, 6) is 1.54. The van der Waals surface area contributed by atoms with Crippen molar-refractivity contribution < 1.29 is 14.3 Å². The Morgan fingerprint density at radius 3 is 2.62 bits per heavy atom. The van der Waals surface area contributed by atoms with Crippen molar-refractivity contribution in [2.24, 2.45) is 7.05 Å². The number of anilines is 2. The molecule has 8 rings (SSSR count). The Hall–Kier alpha value is -4.46. The van der Waals surface area contributed by atoms with Gasteiger partial charge < -0.3 is 24.7 Å². The van der Waals surface area contributed by atoms with Crippen LogP contribution in [0.1, 0.15) is 47.1 Å². The lowest BCUT2D eigenvalue weighted by Gasteiger charge is -2.22. The van der Waals surface area contributed by atoms with Gasteiger partial charge in [-0.15, -0.1) is 0 Å². The molecule has 0 bridgehead atoms. The molecule has 0 fully saturated rings. The second-order valence-corrected chi connectivity index (χ2v) is 11.0. The first-order valence-electron chi connectivity index (χ1n) is 13.6. The van der Waals surface area contributed by atoms with E-state index < -0.39 is 0 Å². The highest BCUT2D eigenvalue weighted by Crippen LogP contribution is 2.48. The molecule has 8 nitrogen and oxygen atoms in total. The lowest BCUT2D eigenvalue weighted by Crippen LogP contribution is -2.15. The van der Waals surface area contributed by atoms with Crippen LogP contribution in [-0.4, -0.2) is 33.5 Å². The molecule has 5 aromatic rings. The average molecular weight is 520 g/mol. The Bertz CT molecular complexity index is 1860. The molecule has 0 saturated heterocycles. The number of rotatable bonds is 3. The highest BCUT2D eigenvalue weighted by molar-refractivity contribution is 6.20. The van der Waals surface area contributed by atoms with Gasteiger partial charge in [0, 0.05) is 70.7 Å². The molecule has 3 aliphatic rings. The van der Waals surface area contributed by atoms with Crippen molar-refractivity contribution in [2.45, 2.75) is 39.3 Å². The molecule has 0 radical (unpaired) electrons. The summed E-state index contributed by atoms with van der Waals surface area (Å²) < 4.78 is 15.8. The Kier molecular flexibility index (Phi) is 4.63. The van der Waals surface area contributed by atoms with Crippen molar-refractivity contribution in [3.05, 3.63) is 65.0 Å². The molecule has 1 aliphatic carbocycles. The first kappa shape index (κ1) is 22.5. The number of fused-ring (bicyclic) bond motifs is 11. The van der Waals surface area contributed by atoms with Crippen molar-refractivity contribution in [1.82, 2.24) is 19.7 Å². The quantitative estimate of drug-likeness (QED) is 0.323. The molecule has 0 unspecified atom stereocenters. The zero-order chi connectivity index (χ0) is 26.4. The molecule has 2 N–H and O–H groups in total. The number of carbonyl (C=O) groups is 1. The maximum atomic E-state index is 13.3. The van der Waals surface area contributed by atoms with E-state index in [1.54, 1.807) is 0 Å². The van der Waals surface area contributed by atoms with Crippen LogP contribution in [0.4, 0.5) is 11.4 Å². The Balaban J connectivity index is 1.38. The van der Waals surface area contributed by atoms with E-state index in [0.717, 1.165) is 69.0 Å². The van der Waals surface area contributed by atoms with E-state index in [1.807, 2.05) is 29.9 Å². The molecule has 0 saturated carbocycles. The molecular weight excluding hydrogens is 490 g/mol. The first-order chi connectivity index (χ1) is 19.0. The monoisotopic (exact) mass is 519 g/mol.